The van der Waals surface area contributed by atoms with Crippen LogP contribution in [0.5, 0.6) is 0 Å². The molecule has 1 unspecified atom stereocenters. The Hall–Kier alpha value is -3.32. The van der Waals surface area contributed by atoms with Gasteiger partial charge in [0.05, 0.1) is 6.10 Å². The Kier molecular flexibility index (Phi) is 5.81. The van der Waals surface area contributed by atoms with Crippen LogP contribution in [-0.4, -0.2) is 6.10 Å². The number of hydrogen-bond donors (Lipinski definition) is 0. The largest absolute Gasteiger partial charge is 0.490 e. The highest BCUT2D eigenvalue weighted by Gasteiger charge is 2.15. The Balaban J connectivity index is 0.000000140. The Morgan fingerprint density at radius 1 is 0.750 bits per heavy atom. The van der Waals surface area contributed by atoms with Crippen molar-refractivity contribution in [3.05, 3.63) is 114 Å². The van der Waals surface area contributed by atoms with Gasteiger partial charge >= 0.3 is 0 Å². The molecule has 4 aromatic carbocycles. The molecule has 160 valence electrons. The lowest BCUT2D eigenvalue weighted by atomic mass is 9.86. The fraction of sp³-hybridized carbons (Fsp3) is 0.226. The topological polar surface area (TPSA) is 9.23 Å². The molecule has 1 aliphatic carbocycles. The van der Waals surface area contributed by atoms with E-state index in [9.17, 15) is 0 Å². The summed E-state index contributed by atoms with van der Waals surface area (Å²) in [7, 11) is 0. The van der Waals surface area contributed by atoms with Gasteiger partial charge in [0.25, 0.3) is 0 Å². The molecule has 32 heavy (non-hydrogen) atoms. The summed E-state index contributed by atoms with van der Waals surface area (Å²) in [5.74, 6) is 0.939. The van der Waals surface area contributed by atoms with Crippen LogP contribution in [0.1, 0.15) is 42.9 Å². The highest BCUT2D eigenvalue weighted by Crippen LogP contribution is 2.33. The third-order valence-corrected chi connectivity index (χ3v) is 6.53. The predicted octanol–water partition coefficient (Wildman–Crippen LogP) is 8.26. The molecule has 0 spiro atoms. The molecule has 4 aromatic rings. The minimum absolute atomic E-state index is 0.239. The van der Waals surface area contributed by atoms with E-state index in [1.807, 2.05) is 24.3 Å². The molecular formula is C31H30O. The highest BCUT2D eigenvalue weighted by molar-refractivity contribution is 6.08. The molecule has 1 heterocycles. The molecule has 1 atom stereocenters. The van der Waals surface area contributed by atoms with Gasteiger partial charge in [0.15, 0.2) is 0 Å². The maximum atomic E-state index is 5.74. The molecule has 0 amide bonds. The zero-order chi connectivity index (χ0) is 21.9. The van der Waals surface area contributed by atoms with Crippen LogP contribution in [0, 0.1) is 0 Å². The smallest absolute Gasteiger partial charge is 0.127 e. The number of rotatable bonds is 1. The first-order valence-electron chi connectivity index (χ1n) is 11.7. The fourth-order valence-corrected chi connectivity index (χ4v) is 5.00. The Labute approximate surface area is 191 Å². The van der Waals surface area contributed by atoms with Gasteiger partial charge in [-0.05, 0) is 76.9 Å². The lowest BCUT2D eigenvalue weighted by molar-refractivity contribution is 0.178. The van der Waals surface area contributed by atoms with E-state index in [-0.39, 0.29) is 6.10 Å². The standard InChI is InChI=1S/C18H16.C13H14O/c1-3-7-15-13(5-1)9-11-18-16-8-4-2-6-14(16)10-12-17(15)18;1-10-8-11(2)14-13(9-10)12-6-4-3-5-7-12/h1,3,5,7,9-12H,2,4,6,8H2;3-7,9,11H,1,8H2,2H3. The van der Waals surface area contributed by atoms with E-state index >= 15 is 0 Å². The molecule has 6 rings (SSSR count). The summed E-state index contributed by atoms with van der Waals surface area (Å²) >= 11 is 0. The molecule has 0 saturated carbocycles. The van der Waals surface area contributed by atoms with Crippen LogP contribution in [0.15, 0.2) is 97.1 Å². The number of ether oxygens (including phenoxy) is 1. The number of fused-ring (bicyclic) bond motifs is 5. The van der Waals surface area contributed by atoms with Crippen molar-refractivity contribution in [2.75, 3.05) is 0 Å². The zero-order valence-electron chi connectivity index (χ0n) is 18.8. The van der Waals surface area contributed by atoms with Gasteiger partial charge in [0.1, 0.15) is 5.76 Å². The van der Waals surface area contributed by atoms with Gasteiger partial charge in [0.2, 0.25) is 0 Å². The van der Waals surface area contributed by atoms with Crippen LogP contribution in [0.3, 0.4) is 0 Å². The van der Waals surface area contributed by atoms with E-state index in [1.54, 1.807) is 11.1 Å². The van der Waals surface area contributed by atoms with Crippen LogP contribution in [0.25, 0.3) is 27.3 Å². The molecule has 1 nitrogen and oxygen atoms in total. The average Bonchev–Trinajstić information content (AvgIpc) is 2.84. The van der Waals surface area contributed by atoms with Gasteiger partial charge in [-0.25, -0.2) is 0 Å². The minimum Gasteiger partial charge on any atom is -0.490 e. The molecule has 2 aliphatic rings. The van der Waals surface area contributed by atoms with Gasteiger partial charge in [-0.1, -0.05) is 85.4 Å². The molecule has 0 N–H and O–H groups in total. The van der Waals surface area contributed by atoms with Crippen molar-refractivity contribution < 1.29 is 4.74 Å². The van der Waals surface area contributed by atoms with Gasteiger partial charge in [0, 0.05) is 12.0 Å². The van der Waals surface area contributed by atoms with Crippen molar-refractivity contribution in [2.24, 2.45) is 0 Å². The normalized spacial score (nSPS) is 17.7. The summed E-state index contributed by atoms with van der Waals surface area (Å²) in [6.07, 6.45) is 8.41. The summed E-state index contributed by atoms with van der Waals surface area (Å²) in [5, 5.41) is 5.64. The zero-order valence-corrected chi connectivity index (χ0v) is 18.8. The van der Waals surface area contributed by atoms with Crippen LogP contribution < -0.4 is 0 Å². The van der Waals surface area contributed by atoms with Crippen molar-refractivity contribution in [3.8, 4) is 0 Å². The van der Waals surface area contributed by atoms with Crippen LogP contribution in [-0.2, 0) is 17.6 Å². The number of hydrogen-bond acceptors (Lipinski definition) is 1. The van der Waals surface area contributed by atoms with Gasteiger partial charge < -0.3 is 4.74 Å². The van der Waals surface area contributed by atoms with E-state index in [0.29, 0.717) is 0 Å². The monoisotopic (exact) mass is 418 g/mol. The van der Waals surface area contributed by atoms with Gasteiger partial charge in [-0.15, -0.1) is 0 Å². The average molecular weight is 419 g/mol. The molecule has 0 saturated heterocycles. The Morgan fingerprint density at radius 3 is 2.34 bits per heavy atom. The first kappa shape index (κ1) is 20.6. The van der Waals surface area contributed by atoms with Crippen molar-refractivity contribution in [3.63, 3.8) is 0 Å². The summed E-state index contributed by atoms with van der Waals surface area (Å²) < 4.78 is 5.74. The molecule has 0 bridgehead atoms. The first-order valence-corrected chi connectivity index (χ1v) is 11.7. The fourth-order valence-electron chi connectivity index (χ4n) is 5.00. The SMILES string of the molecule is C=C1C=C(c2ccccc2)OC(C)C1.c1ccc2c(c1)ccc1c3c(ccc12)CCCC3. The summed E-state index contributed by atoms with van der Waals surface area (Å²) in [4.78, 5) is 0. The number of allylic oxidation sites excluding steroid dienone is 1. The summed E-state index contributed by atoms with van der Waals surface area (Å²) in [5.41, 5.74) is 5.44. The molecular weight excluding hydrogens is 388 g/mol. The van der Waals surface area contributed by atoms with Crippen LogP contribution in [0.2, 0.25) is 0 Å². The van der Waals surface area contributed by atoms with E-state index in [1.165, 1.54) is 47.2 Å². The maximum Gasteiger partial charge on any atom is 0.127 e. The molecule has 0 radical (unpaired) electrons. The third-order valence-electron chi connectivity index (χ3n) is 6.53. The molecule has 0 fully saturated rings. The maximum absolute atomic E-state index is 5.74. The lowest BCUT2D eigenvalue weighted by Crippen LogP contribution is -2.12. The first-order chi connectivity index (χ1) is 15.7. The lowest BCUT2D eigenvalue weighted by Gasteiger charge is -2.22. The highest BCUT2D eigenvalue weighted by atomic mass is 16.5. The van der Waals surface area contributed by atoms with E-state index in [0.717, 1.165) is 23.3 Å². The minimum atomic E-state index is 0.239. The predicted molar refractivity (Wildman–Crippen MR) is 137 cm³/mol. The molecule has 1 heteroatoms. The quantitative estimate of drug-likeness (QED) is 0.283. The third kappa shape index (κ3) is 4.21. The second kappa shape index (κ2) is 9.04. The second-order valence-corrected chi connectivity index (χ2v) is 8.96. The second-order valence-electron chi connectivity index (χ2n) is 8.96. The van der Waals surface area contributed by atoms with Crippen molar-refractivity contribution in [1.82, 2.24) is 0 Å². The molecule has 1 aliphatic heterocycles. The molecule has 0 aromatic heterocycles. The van der Waals surface area contributed by atoms with Crippen molar-refractivity contribution >= 4 is 27.3 Å². The van der Waals surface area contributed by atoms with E-state index in [4.69, 9.17) is 4.74 Å². The van der Waals surface area contributed by atoms with E-state index < -0.39 is 0 Å². The van der Waals surface area contributed by atoms with Crippen molar-refractivity contribution in [2.45, 2.75) is 45.1 Å². The van der Waals surface area contributed by atoms with Gasteiger partial charge in [-0.3, -0.25) is 0 Å². The van der Waals surface area contributed by atoms with Crippen molar-refractivity contribution in [1.29, 1.82) is 0 Å². The van der Waals surface area contributed by atoms with Gasteiger partial charge in [-0.2, -0.15) is 0 Å². The van der Waals surface area contributed by atoms with Crippen LogP contribution >= 0.6 is 0 Å². The van der Waals surface area contributed by atoms with Crippen LogP contribution in [0.4, 0.5) is 0 Å². The number of aryl methyl sites for hydroxylation is 2. The Bertz CT molecular complexity index is 1300. The summed E-state index contributed by atoms with van der Waals surface area (Å²) in [6, 6.07) is 28.1. The Morgan fingerprint density at radius 2 is 1.50 bits per heavy atom. The number of benzene rings is 4. The summed E-state index contributed by atoms with van der Waals surface area (Å²) in [6.45, 7) is 6.05. The van der Waals surface area contributed by atoms with E-state index in [2.05, 4.69) is 74.2 Å².